The van der Waals surface area contributed by atoms with Crippen LogP contribution in [0.3, 0.4) is 0 Å². The largest absolute Gasteiger partial charge is 0.462 e. The van der Waals surface area contributed by atoms with Crippen molar-refractivity contribution in [3.8, 4) is 0 Å². The molecular weight excluding hydrogens is 288 g/mol. The van der Waals surface area contributed by atoms with Crippen molar-refractivity contribution >= 4 is 34.6 Å². The van der Waals surface area contributed by atoms with Gasteiger partial charge in [0.2, 0.25) is 0 Å². The number of ether oxygens (including phenoxy) is 1. The van der Waals surface area contributed by atoms with Gasteiger partial charge in [-0.05, 0) is 49.7 Å². The molecule has 3 N–H and O–H groups in total. The number of rotatable bonds is 4. The zero-order valence-electron chi connectivity index (χ0n) is 11.9. The first-order chi connectivity index (χ1) is 10.0. The van der Waals surface area contributed by atoms with Crippen LogP contribution in [0, 0.1) is 6.92 Å². The first-order valence-electron chi connectivity index (χ1n) is 6.61. The molecule has 0 aliphatic rings. The number of nitrogens with two attached hydrogens (primary N) is 1. The summed E-state index contributed by atoms with van der Waals surface area (Å²) in [5.74, 6) is -0.380. The van der Waals surface area contributed by atoms with Gasteiger partial charge in [0.25, 0.3) is 0 Å². The number of esters is 1. The molecule has 0 aliphatic heterocycles. The lowest BCUT2D eigenvalue weighted by atomic mass is 10.1. The molecule has 110 valence electrons. The molecule has 0 unspecified atom stereocenters. The molecule has 5 heteroatoms. The smallest absolute Gasteiger partial charge is 0.338 e. The Balaban J connectivity index is 2.25. The zero-order chi connectivity index (χ0) is 15.4. The second kappa shape index (κ2) is 6.50. The average molecular weight is 305 g/mol. The molecule has 2 aromatic rings. The second-order valence-corrected chi connectivity index (χ2v) is 4.97. The fourth-order valence-electron chi connectivity index (χ4n) is 1.91. The van der Waals surface area contributed by atoms with Gasteiger partial charge < -0.3 is 15.8 Å². The minimum Gasteiger partial charge on any atom is -0.462 e. The summed E-state index contributed by atoms with van der Waals surface area (Å²) in [6, 6.07) is 10.6. The summed E-state index contributed by atoms with van der Waals surface area (Å²) < 4.78 is 4.94. The van der Waals surface area contributed by atoms with Crippen LogP contribution in [0.15, 0.2) is 36.4 Å². The maximum atomic E-state index is 11.6. The van der Waals surface area contributed by atoms with Crippen LogP contribution in [-0.2, 0) is 4.74 Å². The van der Waals surface area contributed by atoms with Gasteiger partial charge in [-0.15, -0.1) is 0 Å². The fraction of sp³-hybridized carbons (Fsp3) is 0.188. The number of nitrogen functional groups attached to an aromatic ring is 1. The lowest BCUT2D eigenvalue weighted by Gasteiger charge is -2.13. The molecule has 0 saturated heterocycles. The third kappa shape index (κ3) is 3.47. The molecule has 2 rings (SSSR count). The molecule has 4 nitrogen and oxygen atoms in total. The van der Waals surface area contributed by atoms with Gasteiger partial charge in [0.15, 0.2) is 0 Å². The van der Waals surface area contributed by atoms with E-state index in [4.69, 9.17) is 22.1 Å². The Bertz CT molecular complexity index is 671. The zero-order valence-corrected chi connectivity index (χ0v) is 12.7. The minimum absolute atomic E-state index is 0.334. The molecule has 0 spiro atoms. The molecule has 0 bridgehead atoms. The predicted molar refractivity (Wildman–Crippen MR) is 86.3 cm³/mol. The number of carbonyl (C=O) groups is 1. The van der Waals surface area contributed by atoms with Gasteiger partial charge >= 0.3 is 5.97 Å². The number of hydrogen-bond acceptors (Lipinski definition) is 4. The molecule has 0 atom stereocenters. The van der Waals surface area contributed by atoms with Crippen molar-refractivity contribution in [3.63, 3.8) is 0 Å². The Morgan fingerprint density at radius 1 is 1.29 bits per heavy atom. The first-order valence-corrected chi connectivity index (χ1v) is 6.99. The molecule has 2 aromatic carbocycles. The van der Waals surface area contributed by atoms with Crippen LogP contribution in [-0.4, -0.2) is 12.6 Å². The molecule has 0 radical (unpaired) electrons. The Hall–Kier alpha value is -2.20. The van der Waals surface area contributed by atoms with E-state index in [0.717, 1.165) is 11.3 Å². The molecule has 0 saturated carbocycles. The maximum absolute atomic E-state index is 11.6. The van der Waals surface area contributed by atoms with Crippen molar-refractivity contribution in [1.82, 2.24) is 0 Å². The van der Waals surface area contributed by atoms with Crippen LogP contribution in [0.2, 0.25) is 5.02 Å². The number of anilines is 3. The first kappa shape index (κ1) is 15.2. The Morgan fingerprint density at radius 2 is 2.05 bits per heavy atom. The SMILES string of the molecule is CCOC(=O)c1ccc(Nc2cccc(Cl)c2C)c(N)c1. The van der Waals surface area contributed by atoms with Crippen LogP contribution >= 0.6 is 11.6 Å². The van der Waals surface area contributed by atoms with Gasteiger partial charge in [-0.25, -0.2) is 4.79 Å². The third-order valence-electron chi connectivity index (χ3n) is 3.10. The highest BCUT2D eigenvalue weighted by atomic mass is 35.5. The highest BCUT2D eigenvalue weighted by Crippen LogP contribution is 2.29. The topological polar surface area (TPSA) is 64.3 Å². The van der Waals surface area contributed by atoms with Gasteiger partial charge in [0.1, 0.15) is 0 Å². The van der Waals surface area contributed by atoms with Crippen molar-refractivity contribution in [2.24, 2.45) is 0 Å². The van der Waals surface area contributed by atoms with Crippen molar-refractivity contribution in [1.29, 1.82) is 0 Å². The van der Waals surface area contributed by atoms with Gasteiger partial charge in [-0.2, -0.15) is 0 Å². The number of hydrogen-bond donors (Lipinski definition) is 2. The summed E-state index contributed by atoms with van der Waals surface area (Å²) in [4.78, 5) is 11.6. The van der Waals surface area contributed by atoms with E-state index in [1.807, 2.05) is 25.1 Å². The van der Waals surface area contributed by atoms with E-state index in [0.29, 0.717) is 28.6 Å². The molecule has 21 heavy (non-hydrogen) atoms. The van der Waals surface area contributed by atoms with E-state index in [9.17, 15) is 4.79 Å². The maximum Gasteiger partial charge on any atom is 0.338 e. The van der Waals surface area contributed by atoms with Gasteiger partial charge in [-0.1, -0.05) is 17.7 Å². The summed E-state index contributed by atoms with van der Waals surface area (Å²) >= 11 is 6.09. The van der Waals surface area contributed by atoms with E-state index in [1.54, 1.807) is 25.1 Å². The Kier molecular flexibility index (Phi) is 4.70. The van der Waals surface area contributed by atoms with Crippen LogP contribution in [0.1, 0.15) is 22.8 Å². The molecule has 0 fully saturated rings. The highest BCUT2D eigenvalue weighted by molar-refractivity contribution is 6.31. The lowest BCUT2D eigenvalue weighted by molar-refractivity contribution is 0.0526. The lowest BCUT2D eigenvalue weighted by Crippen LogP contribution is -2.06. The standard InChI is InChI=1S/C16H17ClN2O2/c1-3-21-16(20)11-7-8-15(13(18)9-11)19-14-6-4-5-12(17)10(14)2/h4-9,19H,3,18H2,1-2H3. The third-order valence-corrected chi connectivity index (χ3v) is 3.51. The number of halogens is 1. The molecule has 0 aromatic heterocycles. The monoisotopic (exact) mass is 304 g/mol. The number of benzene rings is 2. The molecular formula is C16H17ClN2O2. The van der Waals surface area contributed by atoms with Gasteiger partial charge in [-0.3, -0.25) is 0 Å². The van der Waals surface area contributed by atoms with E-state index in [2.05, 4.69) is 5.32 Å². The summed E-state index contributed by atoms with van der Waals surface area (Å²) in [6.45, 7) is 4.02. The summed E-state index contributed by atoms with van der Waals surface area (Å²) in [5, 5.41) is 3.90. The average Bonchev–Trinajstić information content (AvgIpc) is 2.46. The Labute approximate surface area is 128 Å². The van der Waals surface area contributed by atoms with E-state index in [1.165, 1.54) is 0 Å². The predicted octanol–water partition coefficient (Wildman–Crippen LogP) is 4.15. The van der Waals surface area contributed by atoms with Crippen LogP contribution in [0.25, 0.3) is 0 Å². The second-order valence-electron chi connectivity index (χ2n) is 4.56. The van der Waals surface area contributed by atoms with Gasteiger partial charge in [0.05, 0.1) is 23.5 Å². The van der Waals surface area contributed by atoms with E-state index < -0.39 is 0 Å². The van der Waals surface area contributed by atoms with E-state index >= 15 is 0 Å². The van der Waals surface area contributed by atoms with E-state index in [-0.39, 0.29) is 5.97 Å². The fourth-order valence-corrected chi connectivity index (χ4v) is 2.08. The summed E-state index contributed by atoms with van der Waals surface area (Å²) in [6.07, 6.45) is 0. The van der Waals surface area contributed by atoms with Crippen LogP contribution in [0.4, 0.5) is 17.1 Å². The molecule has 0 heterocycles. The van der Waals surface area contributed by atoms with Crippen LogP contribution < -0.4 is 11.1 Å². The van der Waals surface area contributed by atoms with Crippen molar-refractivity contribution < 1.29 is 9.53 Å². The number of nitrogens with one attached hydrogen (secondary N) is 1. The van der Waals surface area contributed by atoms with Gasteiger partial charge in [0, 0.05) is 10.7 Å². The van der Waals surface area contributed by atoms with Crippen molar-refractivity contribution in [3.05, 3.63) is 52.5 Å². The van der Waals surface area contributed by atoms with Crippen LogP contribution in [0.5, 0.6) is 0 Å². The molecule has 0 aliphatic carbocycles. The summed E-state index contributed by atoms with van der Waals surface area (Å²) in [5.41, 5.74) is 9.42. The van der Waals surface area contributed by atoms with Crippen molar-refractivity contribution in [2.75, 3.05) is 17.7 Å². The quantitative estimate of drug-likeness (QED) is 0.658. The number of carbonyl (C=O) groups excluding carboxylic acids is 1. The molecule has 0 amide bonds. The van der Waals surface area contributed by atoms with Crippen molar-refractivity contribution in [2.45, 2.75) is 13.8 Å². The summed E-state index contributed by atoms with van der Waals surface area (Å²) in [7, 11) is 0. The minimum atomic E-state index is -0.380. The Morgan fingerprint density at radius 3 is 2.71 bits per heavy atom. The highest BCUT2D eigenvalue weighted by Gasteiger charge is 2.10. The normalized spacial score (nSPS) is 10.2.